The summed E-state index contributed by atoms with van der Waals surface area (Å²) < 4.78 is 45.3. The molecule has 0 unspecified atom stereocenters. The lowest BCUT2D eigenvalue weighted by Gasteiger charge is -2.24. The minimum Gasteiger partial charge on any atom is -0.483 e. The van der Waals surface area contributed by atoms with Crippen LogP contribution in [0.2, 0.25) is 0 Å². The van der Waals surface area contributed by atoms with Gasteiger partial charge in [-0.2, -0.15) is 10.1 Å². The lowest BCUT2D eigenvalue weighted by Crippen LogP contribution is -2.26. The van der Waals surface area contributed by atoms with Gasteiger partial charge < -0.3 is 14.2 Å². The van der Waals surface area contributed by atoms with Crippen LogP contribution in [0.25, 0.3) is 16.9 Å². The molecule has 8 nitrogen and oxygen atoms in total. The summed E-state index contributed by atoms with van der Waals surface area (Å²) in [5.74, 6) is -2.59. The molecule has 0 fully saturated rings. The third kappa shape index (κ3) is 6.22. The van der Waals surface area contributed by atoms with Crippen molar-refractivity contribution in [3.8, 4) is 28.9 Å². The Labute approximate surface area is 179 Å². The summed E-state index contributed by atoms with van der Waals surface area (Å²) in [6.07, 6.45) is 4.63. The SMILES string of the molecule is CC(F)(F)COc1cc(-c2cnc(OC(C)(C)C)nc2OC(C)(C)C)nn2ccnc12. The average molecular weight is 435 g/mol. The maximum atomic E-state index is 13.4. The minimum atomic E-state index is -3.00. The van der Waals surface area contributed by atoms with Crippen LogP contribution in [-0.2, 0) is 0 Å². The molecule has 0 spiro atoms. The monoisotopic (exact) mass is 435 g/mol. The molecule has 0 aliphatic carbocycles. The summed E-state index contributed by atoms with van der Waals surface area (Å²) in [6, 6.07) is 1.67. The molecule has 3 aromatic rings. The predicted octanol–water partition coefficient (Wildman–Crippen LogP) is 4.57. The zero-order valence-electron chi connectivity index (χ0n) is 18.7. The standard InChI is InChI=1S/C21H27F2N5O3/c1-19(2,3)30-17-13(11-25-18(26-17)31-20(4,5)6)14-10-15(29-12-21(7,22)23)16-24-8-9-28(16)27-14/h8-11H,12H2,1-7H3. The van der Waals surface area contributed by atoms with E-state index in [4.69, 9.17) is 14.2 Å². The number of imidazole rings is 1. The number of fused-ring (bicyclic) bond motifs is 1. The highest BCUT2D eigenvalue weighted by molar-refractivity contribution is 5.68. The molecule has 0 aliphatic heterocycles. The second-order valence-corrected chi connectivity index (χ2v) is 9.25. The largest absolute Gasteiger partial charge is 0.483 e. The molecule has 0 amide bonds. The molecule has 168 valence electrons. The van der Waals surface area contributed by atoms with Crippen molar-refractivity contribution < 1.29 is 23.0 Å². The molecule has 31 heavy (non-hydrogen) atoms. The molecule has 3 heterocycles. The van der Waals surface area contributed by atoms with Crippen LogP contribution in [0.1, 0.15) is 48.5 Å². The minimum absolute atomic E-state index is 0.154. The highest BCUT2D eigenvalue weighted by atomic mass is 19.3. The van der Waals surface area contributed by atoms with Crippen molar-refractivity contribution in [3.05, 3.63) is 24.7 Å². The Morgan fingerprint density at radius 3 is 2.26 bits per heavy atom. The van der Waals surface area contributed by atoms with Crippen molar-refractivity contribution in [3.63, 3.8) is 0 Å². The molecular formula is C21H27F2N5O3. The molecule has 0 saturated carbocycles. The highest BCUT2D eigenvalue weighted by Gasteiger charge is 2.25. The Bertz CT molecular complexity index is 1070. The first-order valence-corrected chi connectivity index (χ1v) is 9.81. The topological polar surface area (TPSA) is 83.7 Å². The number of alkyl halides is 2. The zero-order chi connectivity index (χ0) is 23.0. The van der Waals surface area contributed by atoms with Gasteiger partial charge in [0.1, 0.15) is 16.9 Å². The van der Waals surface area contributed by atoms with Crippen LogP contribution in [0.3, 0.4) is 0 Å². The Balaban J connectivity index is 2.09. The molecule has 0 atom stereocenters. The van der Waals surface area contributed by atoms with Crippen molar-refractivity contribution in [1.29, 1.82) is 0 Å². The molecule has 0 saturated heterocycles. The van der Waals surface area contributed by atoms with Crippen LogP contribution in [0.15, 0.2) is 24.7 Å². The normalized spacial score (nSPS) is 12.8. The number of hydrogen-bond acceptors (Lipinski definition) is 7. The predicted molar refractivity (Wildman–Crippen MR) is 111 cm³/mol. The number of rotatable bonds is 6. The number of ether oxygens (including phenoxy) is 3. The van der Waals surface area contributed by atoms with E-state index in [1.54, 1.807) is 6.20 Å². The quantitative estimate of drug-likeness (QED) is 0.561. The smallest absolute Gasteiger partial charge is 0.320 e. The zero-order valence-corrected chi connectivity index (χ0v) is 18.7. The van der Waals surface area contributed by atoms with E-state index in [0.29, 0.717) is 16.9 Å². The van der Waals surface area contributed by atoms with Crippen LogP contribution >= 0.6 is 0 Å². The molecule has 10 heteroatoms. The van der Waals surface area contributed by atoms with Gasteiger partial charge in [-0.3, -0.25) is 0 Å². The summed E-state index contributed by atoms with van der Waals surface area (Å²) in [7, 11) is 0. The van der Waals surface area contributed by atoms with Gasteiger partial charge in [0.15, 0.2) is 18.0 Å². The second kappa shape index (κ2) is 7.90. The molecule has 0 N–H and O–H groups in total. The Kier molecular flexibility index (Phi) is 5.77. The van der Waals surface area contributed by atoms with Crippen LogP contribution in [0.5, 0.6) is 17.6 Å². The van der Waals surface area contributed by atoms with Gasteiger partial charge >= 0.3 is 6.01 Å². The second-order valence-electron chi connectivity index (χ2n) is 9.25. The van der Waals surface area contributed by atoms with Gasteiger partial charge in [-0.25, -0.2) is 23.3 Å². The first-order chi connectivity index (χ1) is 14.2. The first kappa shape index (κ1) is 22.6. The van der Waals surface area contributed by atoms with Gasteiger partial charge in [0.05, 0.1) is 5.56 Å². The van der Waals surface area contributed by atoms with E-state index in [-0.39, 0.29) is 17.6 Å². The summed E-state index contributed by atoms with van der Waals surface area (Å²) in [4.78, 5) is 12.8. The van der Waals surface area contributed by atoms with Crippen molar-refractivity contribution in [2.24, 2.45) is 0 Å². The number of nitrogens with zero attached hydrogens (tertiary/aromatic N) is 5. The fraction of sp³-hybridized carbons (Fsp3) is 0.524. The fourth-order valence-corrected chi connectivity index (χ4v) is 2.55. The first-order valence-electron chi connectivity index (χ1n) is 9.81. The van der Waals surface area contributed by atoms with E-state index in [2.05, 4.69) is 20.1 Å². The molecule has 0 bridgehead atoms. The third-order valence-electron chi connectivity index (χ3n) is 3.61. The van der Waals surface area contributed by atoms with E-state index < -0.39 is 23.7 Å². The number of halogens is 2. The van der Waals surface area contributed by atoms with Crippen molar-refractivity contribution in [2.75, 3.05) is 6.61 Å². The molecule has 0 aromatic carbocycles. The van der Waals surface area contributed by atoms with E-state index >= 15 is 0 Å². The van der Waals surface area contributed by atoms with Crippen molar-refractivity contribution >= 4 is 5.65 Å². The molecule has 0 radical (unpaired) electrons. The van der Waals surface area contributed by atoms with Crippen LogP contribution in [0, 0.1) is 0 Å². The summed E-state index contributed by atoms with van der Waals surface area (Å²) in [5.41, 5.74) is 0.0902. The summed E-state index contributed by atoms with van der Waals surface area (Å²) in [5, 5.41) is 4.49. The van der Waals surface area contributed by atoms with Gasteiger partial charge in [-0.1, -0.05) is 0 Å². The maximum absolute atomic E-state index is 13.4. The lowest BCUT2D eigenvalue weighted by atomic mass is 10.1. The van der Waals surface area contributed by atoms with E-state index in [0.717, 1.165) is 6.92 Å². The maximum Gasteiger partial charge on any atom is 0.320 e. The molecule has 3 rings (SSSR count). The Morgan fingerprint density at radius 1 is 0.968 bits per heavy atom. The van der Waals surface area contributed by atoms with Gasteiger partial charge in [0.2, 0.25) is 5.88 Å². The van der Waals surface area contributed by atoms with E-state index in [1.165, 1.54) is 23.0 Å². The fourth-order valence-electron chi connectivity index (χ4n) is 2.55. The third-order valence-corrected chi connectivity index (χ3v) is 3.61. The Morgan fingerprint density at radius 2 is 1.65 bits per heavy atom. The van der Waals surface area contributed by atoms with Gasteiger partial charge in [-0.05, 0) is 41.5 Å². The number of hydrogen-bond donors (Lipinski definition) is 0. The van der Waals surface area contributed by atoms with Crippen LogP contribution in [-0.4, -0.2) is 48.3 Å². The van der Waals surface area contributed by atoms with E-state index in [9.17, 15) is 8.78 Å². The van der Waals surface area contributed by atoms with Gasteiger partial charge in [0.25, 0.3) is 5.92 Å². The van der Waals surface area contributed by atoms with Gasteiger partial charge in [-0.15, -0.1) is 0 Å². The Hall–Kier alpha value is -3.04. The van der Waals surface area contributed by atoms with E-state index in [1.807, 2.05) is 41.5 Å². The highest BCUT2D eigenvalue weighted by Crippen LogP contribution is 2.34. The molecule has 0 aliphatic rings. The van der Waals surface area contributed by atoms with Crippen molar-refractivity contribution in [1.82, 2.24) is 24.6 Å². The van der Waals surface area contributed by atoms with Gasteiger partial charge in [0, 0.05) is 31.6 Å². The van der Waals surface area contributed by atoms with Crippen molar-refractivity contribution in [2.45, 2.75) is 65.6 Å². The molecular weight excluding hydrogens is 408 g/mol. The summed E-state index contributed by atoms with van der Waals surface area (Å²) >= 11 is 0. The average Bonchev–Trinajstić information content (AvgIpc) is 3.05. The number of aromatic nitrogens is 5. The lowest BCUT2D eigenvalue weighted by molar-refractivity contribution is -0.0226. The van der Waals surface area contributed by atoms with Crippen LogP contribution < -0.4 is 14.2 Å². The van der Waals surface area contributed by atoms with Crippen LogP contribution in [0.4, 0.5) is 8.78 Å². The molecule has 3 aromatic heterocycles. The summed E-state index contributed by atoms with van der Waals surface area (Å²) in [6.45, 7) is 11.3.